The topological polar surface area (TPSA) is 91.8 Å². The maximum absolute atomic E-state index is 13.6. The summed E-state index contributed by atoms with van der Waals surface area (Å²) < 4.78 is 6.44. The number of pyridine rings is 1. The minimum absolute atomic E-state index is 0.0252. The Bertz CT molecular complexity index is 1430. The van der Waals surface area contributed by atoms with Gasteiger partial charge in [0, 0.05) is 37.9 Å². The Morgan fingerprint density at radius 2 is 1.64 bits per heavy atom. The van der Waals surface area contributed by atoms with Crippen molar-refractivity contribution in [3.63, 3.8) is 0 Å². The summed E-state index contributed by atoms with van der Waals surface area (Å²) in [6.45, 7) is 10.8. The van der Waals surface area contributed by atoms with Crippen LogP contribution in [0.4, 0.5) is 5.82 Å². The fourth-order valence-electron chi connectivity index (χ4n) is 6.60. The molecule has 8 nitrogen and oxygen atoms in total. The molecule has 232 valence electrons. The van der Waals surface area contributed by atoms with Gasteiger partial charge in [0.15, 0.2) is 5.78 Å². The molecular weight excluding hydrogens is 552 g/mol. The normalized spacial score (nSPS) is 20.0. The van der Waals surface area contributed by atoms with Crippen LogP contribution in [0, 0.1) is 18.3 Å². The Kier molecular flexibility index (Phi) is 9.67. The lowest BCUT2D eigenvalue weighted by atomic mass is 9.55. The summed E-state index contributed by atoms with van der Waals surface area (Å²) in [6.07, 6.45) is 4.07. The first-order valence-corrected chi connectivity index (χ1v) is 15.9. The maximum atomic E-state index is 13.6. The van der Waals surface area contributed by atoms with E-state index >= 15 is 0 Å². The lowest BCUT2D eigenvalue weighted by Crippen LogP contribution is -2.68. The van der Waals surface area contributed by atoms with Gasteiger partial charge in [0.05, 0.1) is 11.5 Å². The molecule has 2 heterocycles. The minimum Gasteiger partial charge on any atom is -0.488 e. The van der Waals surface area contributed by atoms with Crippen LogP contribution >= 0.6 is 0 Å². The van der Waals surface area contributed by atoms with Crippen LogP contribution in [0.1, 0.15) is 74.0 Å². The monoisotopic (exact) mass is 596 g/mol. The van der Waals surface area contributed by atoms with Crippen molar-refractivity contribution >= 4 is 23.4 Å². The molecule has 2 aliphatic rings. The molecule has 2 fully saturated rings. The molecule has 1 aliphatic carbocycles. The molecule has 5 rings (SSSR count). The van der Waals surface area contributed by atoms with Crippen LogP contribution in [0.15, 0.2) is 72.9 Å². The molecule has 2 unspecified atom stereocenters. The molecule has 0 spiro atoms. The molecule has 1 saturated heterocycles. The average molecular weight is 597 g/mol. The van der Waals surface area contributed by atoms with Gasteiger partial charge in [0.1, 0.15) is 23.6 Å². The molecule has 1 N–H and O–H groups in total. The number of ether oxygens (including phenoxy) is 1. The van der Waals surface area contributed by atoms with Crippen molar-refractivity contribution in [2.45, 2.75) is 65.5 Å². The van der Waals surface area contributed by atoms with E-state index in [1.165, 1.54) is 0 Å². The summed E-state index contributed by atoms with van der Waals surface area (Å²) in [5.74, 6) is 0.230. The van der Waals surface area contributed by atoms with E-state index in [2.05, 4.69) is 22.1 Å². The molecule has 1 saturated carbocycles. The number of nitrogens with one attached hydrogen (secondary N) is 1. The quantitative estimate of drug-likeness (QED) is 0.283. The fraction of sp³-hybridized carbons (Fsp3) is 0.444. The molecule has 8 heteroatoms. The zero-order chi connectivity index (χ0) is 31.3. The van der Waals surface area contributed by atoms with Crippen LogP contribution in [-0.4, -0.2) is 59.8 Å². The van der Waals surface area contributed by atoms with Crippen molar-refractivity contribution in [2.75, 3.05) is 31.1 Å². The van der Waals surface area contributed by atoms with E-state index in [4.69, 9.17) is 4.74 Å². The van der Waals surface area contributed by atoms with Crippen molar-refractivity contribution in [1.29, 1.82) is 0 Å². The second kappa shape index (κ2) is 13.6. The van der Waals surface area contributed by atoms with Gasteiger partial charge in [-0.25, -0.2) is 4.98 Å². The number of aromatic nitrogens is 1. The number of aryl methyl sites for hydroxylation is 1. The fourth-order valence-corrected chi connectivity index (χ4v) is 6.60. The number of amides is 2. The molecule has 44 heavy (non-hydrogen) atoms. The van der Waals surface area contributed by atoms with E-state index in [1.54, 1.807) is 30.5 Å². The third kappa shape index (κ3) is 6.21. The van der Waals surface area contributed by atoms with Crippen molar-refractivity contribution in [2.24, 2.45) is 11.3 Å². The molecule has 1 aliphatic heterocycles. The Morgan fingerprint density at radius 1 is 0.955 bits per heavy atom. The maximum Gasteiger partial charge on any atom is 0.253 e. The number of hydrogen-bond donors (Lipinski definition) is 1. The highest BCUT2D eigenvalue weighted by atomic mass is 16.5. The lowest BCUT2D eigenvalue weighted by Gasteiger charge is -2.51. The van der Waals surface area contributed by atoms with Crippen LogP contribution in [-0.2, 0) is 9.59 Å². The van der Waals surface area contributed by atoms with Gasteiger partial charge in [-0.3, -0.25) is 14.4 Å². The first kappa shape index (κ1) is 31.2. The summed E-state index contributed by atoms with van der Waals surface area (Å²) in [4.78, 5) is 48.9. The van der Waals surface area contributed by atoms with Gasteiger partial charge in [0.25, 0.3) is 5.91 Å². The van der Waals surface area contributed by atoms with Crippen LogP contribution in [0.3, 0.4) is 0 Å². The van der Waals surface area contributed by atoms with Crippen LogP contribution in [0.2, 0.25) is 0 Å². The number of anilines is 1. The molecule has 0 bridgehead atoms. The number of ketones is 1. The van der Waals surface area contributed by atoms with E-state index < -0.39 is 17.4 Å². The predicted molar refractivity (Wildman–Crippen MR) is 172 cm³/mol. The van der Waals surface area contributed by atoms with E-state index in [9.17, 15) is 14.4 Å². The second-order valence-corrected chi connectivity index (χ2v) is 12.0. The first-order valence-electron chi connectivity index (χ1n) is 15.9. The van der Waals surface area contributed by atoms with Gasteiger partial charge >= 0.3 is 0 Å². The molecule has 0 radical (unpaired) electrons. The summed E-state index contributed by atoms with van der Waals surface area (Å²) in [5, 5.41) is 3.16. The van der Waals surface area contributed by atoms with Gasteiger partial charge in [-0.15, -0.1) is 0 Å². The van der Waals surface area contributed by atoms with Gasteiger partial charge in [-0.2, -0.15) is 0 Å². The number of nitrogens with zero attached hydrogens (tertiary/aromatic N) is 3. The van der Waals surface area contributed by atoms with Crippen molar-refractivity contribution in [3.8, 4) is 5.75 Å². The van der Waals surface area contributed by atoms with Crippen LogP contribution in [0.5, 0.6) is 5.75 Å². The number of Topliss-reactive ketones (excluding diaryl/α,β-unsaturated/α-hetero) is 1. The standard InChI is InChI=1S/C36H44N4O4/c1-5-10-29(26-14-12-25(4)13-15-26)38-34(42)31-32(41)36(6-2,7-3)33(31)44-28-18-16-27(17-19-28)35(43)40-23-21-39(22-24-40)30-11-8-9-20-37-30/h8-9,11-20,29,31,33H,5-7,10,21-24H2,1-4H3,(H,38,42)/t29?,31?,33-/m1/s1. The van der Waals surface area contributed by atoms with E-state index in [1.807, 2.05) is 68.1 Å². The van der Waals surface area contributed by atoms with Gasteiger partial charge in [-0.05, 0) is 68.1 Å². The number of carbonyl (C=O) groups is 3. The smallest absolute Gasteiger partial charge is 0.253 e. The van der Waals surface area contributed by atoms with Crippen molar-refractivity contribution in [1.82, 2.24) is 15.2 Å². The highest BCUT2D eigenvalue weighted by Crippen LogP contribution is 2.50. The van der Waals surface area contributed by atoms with E-state index in [0.717, 1.165) is 42.9 Å². The molecule has 2 aromatic carbocycles. The molecule has 2 amide bonds. The third-order valence-electron chi connectivity index (χ3n) is 9.44. The zero-order valence-electron chi connectivity index (χ0n) is 26.3. The van der Waals surface area contributed by atoms with Crippen LogP contribution < -0.4 is 15.0 Å². The Hall–Kier alpha value is -4.20. The third-order valence-corrected chi connectivity index (χ3v) is 9.44. The first-order chi connectivity index (χ1) is 21.3. The Morgan fingerprint density at radius 3 is 2.23 bits per heavy atom. The molecule has 1 aromatic heterocycles. The second-order valence-electron chi connectivity index (χ2n) is 12.0. The minimum atomic E-state index is -0.878. The summed E-state index contributed by atoms with van der Waals surface area (Å²) in [7, 11) is 0. The van der Waals surface area contributed by atoms with Crippen LogP contribution in [0.25, 0.3) is 0 Å². The van der Waals surface area contributed by atoms with Gasteiger partial charge in [0.2, 0.25) is 5.91 Å². The largest absolute Gasteiger partial charge is 0.488 e. The number of carbonyl (C=O) groups excluding carboxylic acids is 3. The molecule has 3 atom stereocenters. The van der Waals surface area contributed by atoms with E-state index in [-0.39, 0.29) is 23.6 Å². The SMILES string of the molecule is CCCC(NC(=O)C1C(=O)C(CC)(CC)[C@@H]1Oc1ccc(C(=O)N2CCN(c3ccccn3)CC2)cc1)c1ccc(C)cc1. The summed E-state index contributed by atoms with van der Waals surface area (Å²) in [5.41, 5.74) is 2.06. The number of benzene rings is 2. The number of hydrogen-bond acceptors (Lipinski definition) is 6. The zero-order valence-corrected chi connectivity index (χ0v) is 26.3. The number of piperazine rings is 1. The predicted octanol–water partition coefficient (Wildman–Crippen LogP) is 5.76. The van der Waals surface area contributed by atoms with Gasteiger partial charge in [-0.1, -0.05) is 63.1 Å². The highest BCUT2D eigenvalue weighted by Gasteiger charge is 2.64. The molecular formula is C36H44N4O4. The van der Waals surface area contributed by atoms with Gasteiger partial charge < -0.3 is 19.9 Å². The summed E-state index contributed by atoms with van der Waals surface area (Å²) in [6, 6.07) is 20.9. The Balaban J connectivity index is 1.25. The highest BCUT2D eigenvalue weighted by molar-refractivity contribution is 6.10. The van der Waals surface area contributed by atoms with Crippen molar-refractivity contribution < 1.29 is 19.1 Å². The summed E-state index contributed by atoms with van der Waals surface area (Å²) >= 11 is 0. The van der Waals surface area contributed by atoms with Crippen molar-refractivity contribution in [3.05, 3.63) is 89.6 Å². The molecule has 3 aromatic rings. The average Bonchev–Trinajstić information content (AvgIpc) is 3.06. The van der Waals surface area contributed by atoms with E-state index in [0.29, 0.717) is 37.2 Å². The number of rotatable bonds is 11. The Labute approximate surface area is 260 Å². The lowest BCUT2D eigenvalue weighted by molar-refractivity contribution is -0.173.